The van der Waals surface area contributed by atoms with Gasteiger partial charge in [-0.3, -0.25) is 14.6 Å². The first-order valence-corrected chi connectivity index (χ1v) is 11.0. The van der Waals surface area contributed by atoms with Crippen molar-refractivity contribution in [3.63, 3.8) is 0 Å². The Morgan fingerprint density at radius 3 is 2.77 bits per heavy atom. The fraction of sp³-hybridized carbons (Fsp3) is 0.565. The molecule has 2 atom stereocenters. The van der Waals surface area contributed by atoms with Crippen molar-refractivity contribution in [2.24, 2.45) is 12.0 Å². The number of aliphatic imine (C=N–C) groups is 1. The molecule has 0 amide bonds. The lowest BCUT2D eigenvalue weighted by molar-refractivity contribution is 0.250. The molecule has 30 heavy (non-hydrogen) atoms. The number of benzene rings is 1. The predicted octanol–water partition coefficient (Wildman–Crippen LogP) is 3.46. The number of rotatable bonds is 6. The van der Waals surface area contributed by atoms with Gasteiger partial charge in [-0.05, 0) is 43.9 Å². The van der Waals surface area contributed by atoms with Crippen molar-refractivity contribution >= 4 is 29.9 Å². The van der Waals surface area contributed by atoms with Gasteiger partial charge in [0.25, 0.3) is 0 Å². The number of halogens is 1. The van der Waals surface area contributed by atoms with Gasteiger partial charge in [0.1, 0.15) is 0 Å². The number of likely N-dealkylation sites (tertiary alicyclic amines) is 2. The number of nitrogens with zero attached hydrogens (tertiary/aromatic N) is 5. The molecule has 0 saturated carbocycles. The van der Waals surface area contributed by atoms with E-state index in [9.17, 15) is 0 Å². The molecular weight excluding hydrogens is 487 g/mol. The Kier molecular flexibility index (Phi) is 8.56. The lowest BCUT2D eigenvalue weighted by atomic mass is 10.0. The van der Waals surface area contributed by atoms with Crippen LogP contribution in [0.2, 0.25) is 0 Å². The molecule has 2 fully saturated rings. The molecule has 0 bridgehead atoms. The summed E-state index contributed by atoms with van der Waals surface area (Å²) < 4.78 is 1.90. The third-order valence-corrected chi connectivity index (χ3v) is 6.20. The summed E-state index contributed by atoms with van der Waals surface area (Å²) in [5, 5.41) is 7.87. The highest BCUT2D eigenvalue weighted by Crippen LogP contribution is 2.27. The Morgan fingerprint density at radius 1 is 1.20 bits per heavy atom. The smallest absolute Gasteiger partial charge is 0.193 e. The van der Waals surface area contributed by atoms with E-state index in [1.807, 2.05) is 17.9 Å². The van der Waals surface area contributed by atoms with E-state index in [1.54, 1.807) is 0 Å². The van der Waals surface area contributed by atoms with E-state index in [2.05, 4.69) is 63.7 Å². The maximum Gasteiger partial charge on any atom is 0.193 e. The molecule has 1 aromatic heterocycles. The molecule has 2 aliphatic heterocycles. The van der Waals surface area contributed by atoms with Crippen LogP contribution >= 0.6 is 24.0 Å². The molecule has 0 aliphatic carbocycles. The highest BCUT2D eigenvalue weighted by atomic mass is 127. The minimum absolute atomic E-state index is 0. The summed E-state index contributed by atoms with van der Waals surface area (Å²) in [6.45, 7) is 8.23. The first-order chi connectivity index (χ1) is 14.2. The van der Waals surface area contributed by atoms with Crippen LogP contribution in [0.1, 0.15) is 43.2 Å². The average Bonchev–Trinajstić information content (AvgIpc) is 3.47. The monoisotopic (exact) mass is 522 g/mol. The molecule has 3 heterocycles. The normalized spacial score (nSPS) is 22.3. The number of aryl methyl sites for hydroxylation is 1. The van der Waals surface area contributed by atoms with E-state index in [0.29, 0.717) is 12.0 Å². The number of hydrogen-bond donors (Lipinski definition) is 1. The van der Waals surface area contributed by atoms with Crippen LogP contribution in [-0.2, 0) is 13.6 Å². The van der Waals surface area contributed by atoms with E-state index in [0.717, 1.165) is 38.7 Å². The Labute approximate surface area is 197 Å². The predicted molar refractivity (Wildman–Crippen MR) is 133 cm³/mol. The molecule has 0 radical (unpaired) electrons. The Balaban J connectivity index is 0.00000256. The molecule has 2 aromatic rings. The number of nitrogens with one attached hydrogen (secondary N) is 1. The van der Waals surface area contributed by atoms with Gasteiger partial charge in [0.2, 0.25) is 0 Å². The third-order valence-electron chi connectivity index (χ3n) is 6.20. The summed E-state index contributed by atoms with van der Waals surface area (Å²) in [5.74, 6) is 1.62. The standard InChI is InChI=1S/C23H34N6.HI/c1-3-24-23(29-13-11-20(18-29)21-14-26-27(2)17-21)25-15-22-10-7-12-28(22)16-19-8-5-4-6-9-19;/h4-6,8-9,14,17,20,22H,3,7,10-13,15-16,18H2,1-2H3,(H,24,25);1H. The largest absolute Gasteiger partial charge is 0.357 e. The highest BCUT2D eigenvalue weighted by molar-refractivity contribution is 14.0. The number of guanidine groups is 1. The molecular formula is C23H35IN6. The van der Waals surface area contributed by atoms with Crippen LogP contribution in [0.3, 0.4) is 0 Å². The summed E-state index contributed by atoms with van der Waals surface area (Å²) >= 11 is 0. The van der Waals surface area contributed by atoms with Crippen molar-refractivity contribution < 1.29 is 0 Å². The van der Waals surface area contributed by atoms with Gasteiger partial charge in [0.15, 0.2) is 5.96 Å². The van der Waals surface area contributed by atoms with Gasteiger partial charge in [-0.25, -0.2) is 0 Å². The fourth-order valence-electron chi connectivity index (χ4n) is 4.62. The van der Waals surface area contributed by atoms with Gasteiger partial charge < -0.3 is 10.2 Å². The average molecular weight is 522 g/mol. The van der Waals surface area contributed by atoms with Crippen LogP contribution < -0.4 is 5.32 Å². The molecule has 2 aliphatic rings. The SMILES string of the molecule is CCNC(=NCC1CCCN1Cc1ccccc1)N1CCC(c2cnn(C)c2)C1.I. The van der Waals surface area contributed by atoms with Crippen molar-refractivity contribution in [1.29, 1.82) is 0 Å². The highest BCUT2D eigenvalue weighted by Gasteiger charge is 2.28. The minimum atomic E-state index is 0. The maximum absolute atomic E-state index is 5.07. The molecule has 6 nitrogen and oxygen atoms in total. The Bertz CT molecular complexity index is 805. The quantitative estimate of drug-likeness (QED) is 0.359. The second kappa shape index (κ2) is 11.1. The second-order valence-corrected chi connectivity index (χ2v) is 8.33. The zero-order valence-electron chi connectivity index (χ0n) is 18.2. The van der Waals surface area contributed by atoms with Gasteiger partial charge in [-0.1, -0.05) is 30.3 Å². The number of aromatic nitrogens is 2. The van der Waals surface area contributed by atoms with Crippen LogP contribution in [-0.4, -0.2) is 64.3 Å². The van der Waals surface area contributed by atoms with Crippen molar-refractivity contribution in [2.75, 3.05) is 32.7 Å². The zero-order chi connectivity index (χ0) is 20.1. The van der Waals surface area contributed by atoms with E-state index in [-0.39, 0.29) is 24.0 Å². The molecule has 164 valence electrons. The van der Waals surface area contributed by atoms with Crippen LogP contribution in [0.4, 0.5) is 0 Å². The molecule has 1 N–H and O–H groups in total. The maximum atomic E-state index is 5.07. The summed E-state index contributed by atoms with van der Waals surface area (Å²) in [7, 11) is 1.99. The first-order valence-electron chi connectivity index (χ1n) is 11.0. The van der Waals surface area contributed by atoms with E-state index in [1.165, 1.54) is 36.9 Å². The van der Waals surface area contributed by atoms with Crippen LogP contribution in [0.15, 0.2) is 47.7 Å². The molecule has 7 heteroatoms. The van der Waals surface area contributed by atoms with Crippen molar-refractivity contribution in [2.45, 2.75) is 44.7 Å². The zero-order valence-corrected chi connectivity index (χ0v) is 20.5. The van der Waals surface area contributed by atoms with Crippen LogP contribution in [0.25, 0.3) is 0 Å². The topological polar surface area (TPSA) is 48.7 Å². The Hall–Kier alpha value is -1.61. The van der Waals surface area contributed by atoms with Crippen molar-refractivity contribution in [3.8, 4) is 0 Å². The summed E-state index contributed by atoms with van der Waals surface area (Å²) in [6.07, 6.45) is 7.85. The third kappa shape index (κ3) is 5.75. The number of hydrogen-bond acceptors (Lipinski definition) is 3. The van der Waals surface area contributed by atoms with E-state index >= 15 is 0 Å². The Morgan fingerprint density at radius 2 is 2.03 bits per heavy atom. The van der Waals surface area contributed by atoms with Crippen molar-refractivity contribution in [1.82, 2.24) is 24.9 Å². The van der Waals surface area contributed by atoms with E-state index in [4.69, 9.17) is 4.99 Å². The lowest BCUT2D eigenvalue weighted by Gasteiger charge is -2.25. The summed E-state index contributed by atoms with van der Waals surface area (Å²) in [4.78, 5) is 10.1. The van der Waals surface area contributed by atoms with Gasteiger partial charge in [0.05, 0.1) is 12.7 Å². The summed E-state index contributed by atoms with van der Waals surface area (Å²) in [5.41, 5.74) is 2.74. The van der Waals surface area contributed by atoms with Gasteiger partial charge in [-0.2, -0.15) is 5.10 Å². The van der Waals surface area contributed by atoms with Gasteiger partial charge in [-0.15, -0.1) is 24.0 Å². The molecule has 2 unspecified atom stereocenters. The molecule has 4 rings (SSSR count). The van der Waals surface area contributed by atoms with Crippen LogP contribution in [0.5, 0.6) is 0 Å². The molecule has 2 saturated heterocycles. The van der Waals surface area contributed by atoms with E-state index < -0.39 is 0 Å². The van der Waals surface area contributed by atoms with Gasteiger partial charge >= 0.3 is 0 Å². The molecule has 0 spiro atoms. The van der Waals surface area contributed by atoms with Crippen molar-refractivity contribution in [3.05, 3.63) is 53.9 Å². The minimum Gasteiger partial charge on any atom is -0.357 e. The lowest BCUT2D eigenvalue weighted by Crippen LogP contribution is -2.41. The summed E-state index contributed by atoms with van der Waals surface area (Å²) in [6, 6.07) is 11.4. The van der Waals surface area contributed by atoms with Crippen LogP contribution in [0, 0.1) is 0 Å². The first kappa shape index (κ1) is 23.1. The fourth-order valence-corrected chi connectivity index (χ4v) is 4.62. The van der Waals surface area contributed by atoms with Gasteiger partial charge in [0, 0.05) is 51.4 Å². The molecule has 1 aromatic carbocycles. The second-order valence-electron chi connectivity index (χ2n) is 8.33.